The highest BCUT2D eigenvalue weighted by atomic mass is 16.5. The molecule has 0 aliphatic heterocycles. The van der Waals surface area contributed by atoms with Gasteiger partial charge in [0.1, 0.15) is 0 Å². The number of unbranched alkanes of at least 4 members (excludes halogenated alkanes) is 5. The van der Waals surface area contributed by atoms with Crippen LogP contribution in [-0.2, 0) is 9.47 Å². The Morgan fingerprint density at radius 2 is 1.11 bits per heavy atom. The van der Waals surface area contributed by atoms with E-state index >= 15 is 0 Å². The fourth-order valence-electron chi connectivity index (χ4n) is 2.85. The van der Waals surface area contributed by atoms with Gasteiger partial charge in [0.25, 0.3) is 0 Å². The summed E-state index contributed by atoms with van der Waals surface area (Å²) in [5, 5.41) is 0. The van der Waals surface area contributed by atoms with Crippen LogP contribution in [0.4, 0.5) is 0 Å². The zero-order valence-corrected chi connectivity index (χ0v) is 13.7. The van der Waals surface area contributed by atoms with Crippen LogP contribution in [0.2, 0.25) is 0 Å². The Hall–Kier alpha value is -0.0800. The van der Waals surface area contributed by atoms with Crippen LogP contribution in [0.25, 0.3) is 0 Å². The molecule has 0 spiro atoms. The Balaban J connectivity index is 4.16. The molecular formula is C17H36O2. The van der Waals surface area contributed by atoms with E-state index in [1.165, 1.54) is 57.8 Å². The molecule has 0 aromatic rings. The van der Waals surface area contributed by atoms with Gasteiger partial charge in [-0.15, -0.1) is 0 Å². The quantitative estimate of drug-likeness (QED) is 0.411. The van der Waals surface area contributed by atoms with Gasteiger partial charge < -0.3 is 9.47 Å². The van der Waals surface area contributed by atoms with Crippen molar-refractivity contribution in [2.75, 3.05) is 27.4 Å². The maximum absolute atomic E-state index is 5.39. The van der Waals surface area contributed by atoms with Crippen LogP contribution in [0.1, 0.15) is 71.6 Å². The Kier molecular flexibility index (Phi) is 14.3. The molecule has 2 heteroatoms. The summed E-state index contributed by atoms with van der Waals surface area (Å²) in [5.74, 6) is 1.36. The van der Waals surface area contributed by atoms with Gasteiger partial charge in [0, 0.05) is 20.1 Å². The number of hydrogen-bond donors (Lipinski definition) is 0. The molecule has 1 unspecified atom stereocenters. The summed E-state index contributed by atoms with van der Waals surface area (Å²) in [6, 6.07) is 0. The van der Waals surface area contributed by atoms with Gasteiger partial charge in [-0.3, -0.25) is 0 Å². The van der Waals surface area contributed by atoms with Crippen LogP contribution in [0, 0.1) is 11.8 Å². The molecule has 0 radical (unpaired) electrons. The minimum Gasteiger partial charge on any atom is -0.384 e. The van der Waals surface area contributed by atoms with Gasteiger partial charge in [-0.2, -0.15) is 0 Å². The first-order chi connectivity index (χ1) is 9.29. The maximum atomic E-state index is 5.39. The lowest BCUT2D eigenvalue weighted by Crippen LogP contribution is -2.24. The van der Waals surface area contributed by atoms with Crippen molar-refractivity contribution < 1.29 is 9.47 Å². The highest BCUT2D eigenvalue weighted by Crippen LogP contribution is 2.26. The van der Waals surface area contributed by atoms with E-state index in [1.807, 2.05) is 14.2 Å². The summed E-state index contributed by atoms with van der Waals surface area (Å²) in [5.41, 5.74) is 0. The molecule has 2 nitrogen and oxygen atoms in total. The standard InChI is InChI=1S/C17H36O2/c1-5-7-9-11-13-16(12-10-8-6-2)17(14-18-3)15-19-4/h16-17H,5-15H2,1-4H3. The summed E-state index contributed by atoms with van der Waals surface area (Å²) < 4.78 is 10.8. The fraction of sp³-hybridized carbons (Fsp3) is 1.00. The topological polar surface area (TPSA) is 18.5 Å². The zero-order chi connectivity index (χ0) is 14.3. The summed E-state index contributed by atoms with van der Waals surface area (Å²) in [4.78, 5) is 0. The van der Waals surface area contributed by atoms with Crippen LogP contribution in [0.15, 0.2) is 0 Å². The number of rotatable bonds is 14. The minimum atomic E-state index is 0.577. The minimum absolute atomic E-state index is 0.577. The van der Waals surface area contributed by atoms with E-state index in [0.29, 0.717) is 5.92 Å². The van der Waals surface area contributed by atoms with Crippen molar-refractivity contribution in [1.82, 2.24) is 0 Å². The molecule has 0 fully saturated rings. The molecule has 0 heterocycles. The summed E-state index contributed by atoms with van der Waals surface area (Å²) >= 11 is 0. The van der Waals surface area contributed by atoms with E-state index in [2.05, 4.69) is 13.8 Å². The van der Waals surface area contributed by atoms with E-state index in [9.17, 15) is 0 Å². The maximum Gasteiger partial charge on any atom is 0.0515 e. The van der Waals surface area contributed by atoms with Crippen molar-refractivity contribution in [3.05, 3.63) is 0 Å². The van der Waals surface area contributed by atoms with E-state index in [1.54, 1.807) is 0 Å². The molecule has 19 heavy (non-hydrogen) atoms. The van der Waals surface area contributed by atoms with E-state index in [0.717, 1.165) is 19.1 Å². The SMILES string of the molecule is CCCCCCC(CCCCC)C(COC)COC. The molecule has 0 rings (SSSR count). The van der Waals surface area contributed by atoms with Gasteiger partial charge in [0.2, 0.25) is 0 Å². The first-order valence-electron chi connectivity index (χ1n) is 8.27. The smallest absolute Gasteiger partial charge is 0.0515 e. The second-order valence-electron chi connectivity index (χ2n) is 5.78. The van der Waals surface area contributed by atoms with Crippen molar-refractivity contribution in [3.63, 3.8) is 0 Å². The largest absolute Gasteiger partial charge is 0.384 e. The van der Waals surface area contributed by atoms with Crippen molar-refractivity contribution in [1.29, 1.82) is 0 Å². The van der Waals surface area contributed by atoms with E-state index in [4.69, 9.17) is 9.47 Å². The number of methoxy groups -OCH3 is 2. The van der Waals surface area contributed by atoms with E-state index in [-0.39, 0.29) is 0 Å². The van der Waals surface area contributed by atoms with Gasteiger partial charge in [0.15, 0.2) is 0 Å². The Morgan fingerprint density at radius 3 is 1.58 bits per heavy atom. The first kappa shape index (κ1) is 18.9. The zero-order valence-electron chi connectivity index (χ0n) is 13.7. The first-order valence-corrected chi connectivity index (χ1v) is 8.27. The van der Waals surface area contributed by atoms with Crippen molar-refractivity contribution >= 4 is 0 Å². The molecular weight excluding hydrogens is 236 g/mol. The van der Waals surface area contributed by atoms with Crippen LogP contribution in [0.5, 0.6) is 0 Å². The number of ether oxygens (including phenoxy) is 2. The summed E-state index contributed by atoms with van der Waals surface area (Å²) in [7, 11) is 3.62. The molecule has 0 aromatic heterocycles. The monoisotopic (exact) mass is 272 g/mol. The average Bonchev–Trinajstić information content (AvgIpc) is 2.41. The molecule has 0 aliphatic rings. The second kappa shape index (κ2) is 14.3. The van der Waals surface area contributed by atoms with Crippen LogP contribution < -0.4 is 0 Å². The average molecular weight is 272 g/mol. The fourth-order valence-corrected chi connectivity index (χ4v) is 2.85. The lowest BCUT2D eigenvalue weighted by Gasteiger charge is -2.26. The van der Waals surface area contributed by atoms with Crippen LogP contribution in [0.3, 0.4) is 0 Å². The lowest BCUT2D eigenvalue weighted by molar-refractivity contribution is 0.0473. The van der Waals surface area contributed by atoms with Crippen LogP contribution in [-0.4, -0.2) is 27.4 Å². The van der Waals surface area contributed by atoms with Gasteiger partial charge in [-0.05, 0) is 5.92 Å². The molecule has 0 N–H and O–H groups in total. The molecule has 116 valence electrons. The van der Waals surface area contributed by atoms with Crippen LogP contribution >= 0.6 is 0 Å². The third-order valence-electron chi connectivity index (χ3n) is 4.04. The molecule has 0 aromatic carbocycles. The third kappa shape index (κ3) is 10.4. The summed E-state index contributed by atoms with van der Waals surface area (Å²) in [6.07, 6.45) is 12.2. The third-order valence-corrected chi connectivity index (χ3v) is 4.04. The van der Waals surface area contributed by atoms with Gasteiger partial charge in [0.05, 0.1) is 13.2 Å². The summed E-state index contributed by atoms with van der Waals surface area (Å²) in [6.45, 7) is 6.24. The van der Waals surface area contributed by atoms with Gasteiger partial charge in [-0.1, -0.05) is 71.6 Å². The highest BCUT2D eigenvalue weighted by molar-refractivity contribution is 4.70. The normalized spacial score (nSPS) is 13.1. The Bertz CT molecular complexity index is 165. The highest BCUT2D eigenvalue weighted by Gasteiger charge is 2.20. The van der Waals surface area contributed by atoms with Crippen molar-refractivity contribution in [3.8, 4) is 0 Å². The molecule has 0 bridgehead atoms. The van der Waals surface area contributed by atoms with Gasteiger partial charge in [-0.25, -0.2) is 0 Å². The Labute approximate surface area is 121 Å². The van der Waals surface area contributed by atoms with E-state index < -0.39 is 0 Å². The van der Waals surface area contributed by atoms with Crippen molar-refractivity contribution in [2.45, 2.75) is 71.6 Å². The molecule has 0 aliphatic carbocycles. The molecule has 0 saturated heterocycles. The number of hydrogen-bond acceptors (Lipinski definition) is 2. The second-order valence-corrected chi connectivity index (χ2v) is 5.78. The van der Waals surface area contributed by atoms with Gasteiger partial charge >= 0.3 is 0 Å². The Morgan fingerprint density at radius 1 is 0.632 bits per heavy atom. The van der Waals surface area contributed by atoms with Crippen molar-refractivity contribution in [2.24, 2.45) is 11.8 Å². The predicted octanol–water partition coefficient (Wildman–Crippen LogP) is 5.06. The lowest BCUT2D eigenvalue weighted by atomic mass is 9.84. The molecule has 0 saturated carbocycles. The molecule has 0 amide bonds. The molecule has 1 atom stereocenters. The predicted molar refractivity (Wildman–Crippen MR) is 83.6 cm³/mol.